The summed E-state index contributed by atoms with van der Waals surface area (Å²) in [4.78, 5) is 4.21. The second kappa shape index (κ2) is 10.6. The van der Waals surface area contributed by atoms with Crippen LogP contribution >= 0.6 is 24.0 Å². The van der Waals surface area contributed by atoms with Gasteiger partial charge in [-0.1, -0.05) is 19.3 Å². The SMILES string of the molecule is CCS(=O)(=O)NCCCN=C(N)NC1CCCCC1.I. The van der Waals surface area contributed by atoms with Gasteiger partial charge in [-0.2, -0.15) is 0 Å². The lowest BCUT2D eigenvalue weighted by molar-refractivity contribution is 0.412. The largest absolute Gasteiger partial charge is 0.370 e. The van der Waals surface area contributed by atoms with Crippen LogP contribution in [0.15, 0.2) is 4.99 Å². The van der Waals surface area contributed by atoms with Crippen LogP contribution < -0.4 is 15.8 Å². The van der Waals surface area contributed by atoms with Crippen LogP contribution in [0.1, 0.15) is 45.4 Å². The number of halogens is 1. The fourth-order valence-corrected chi connectivity index (χ4v) is 2.77. The van der Waals surface area contributed by atoms with Crippen LogP contribution in [0.3, 0.4) is 0 Å². The zero-order chi connectivity index (χ0) is 14.1. The van der Waals surface area contributed by atoms with Crippen molar-refractivity contribution in [3.63, 3.8) is 0 Å². The van der Waals surface area contributed by atoms with E-state index in [4.69, 9.17) is 5.73 Å². The highest BCUT2D eigenvalue weighted by Crippen LogP contribution is 2.16. The van der Waals surface area contributed by atoms with Gasteiger partial charge >= 0.3 is 0 Å². The molecule has 0 heterocycles. The van der Waals surface area contributed by atoms with E-state index in [1.54, 1.807) is 6.92 Å². The van der Waals surface area contributed by atoms with E-state index in [2.05, 4.69) is 15.0 Å². The molecule has 0 bridgehead atoms. The van der Waals surface area contributed by atoms with Crippen LogP contribution in [-0.4, -0.2) is 39.3 Å². The second-order valence-electron chi connectivity index (χ2n) is 4.90. The van der Waals surface area contributed by atoms with E-state index in [-0.39, 0.29) is 29.7 Å². The Labute approximate surface area is 139 Å². The number of nitrogens with two attached hydrogens (primary N) is 1. The highest BCUT2D eigenvalue weighted by Gasteiger charge is 2.13. The topological polar surface area (TPSA) is 96.6 Å². The van der Waals surface area contributed by atoms with Gasteiger partial charge in [-0.25, -0.2) is 13.1 Å². The van der Waals surface area contributed by atoms with Gasteiger partial charge < -0.3 is 11.1 Å². The molecule has 1 saturated carbocycles. The van der Waals surface area contributed by atoms with Crippen molar-refractivity contribution in [3.05, 3.63) is 0 Å². The average Bonchev–Trinajstić information content (AvgIpc) is 2.39. The lowest BCUT2D eigenvalue weighted by atomic mass is 9.96. The van der Waals surface area contributed by atoms with Gasteiger partial charge in [0.2, 0.25) is 10.0 Å². The third-order valence-corrected chi connectivity index (χ3v) is 4.68. The molecule has 0 spiro atoms. The Morgan fingerprint density at radius 3 is 2.55 bits per heavy atom. The number of rotatable bonds is 7. The number of aliphatic imine (C=N–C) groups is 1. The first-order chi connectivity index (χ1) is 9.03. The average molecular weight is 418 g/mol. The van der Waals surface area contributed by atoms with Crippen molar-refractivity contribution >= 4 is 40.0 Å². The van der Waals surface area contributed by atoms with Gasteiger partial charge in [0.05, 0.1) is 5.75 Å². The minimum Gasteiger partial charge on any atom is -0.370 e. The first-order valence-corrected chi connectivity index (χ1v) is 8.72. The first kappa shape index (κ1) is 19.9. The normalized spacial score (nSPS) is 17.6. The van der Waals surface area contributed by atoms with Crippen LogP contribution in [0.25, 0.3) is 0 Å². The summed E-state index contributed by atoms with van der Waals surface area (Å²) in [7, 11) is -3.09. The predicted octanol–water partition coefficient (Wildman–Crippen LogP) is 1.17. The fourth-order valence-electron chi connectivity index (χ4n) is 2.11. The maximum absolute atomic E-state index is 11.2. The fraction of sp³-hybridized carbons (Fsp3) is 0.917. The quantitative estimate of drug-likeness (QED) is 0.250. The third kappa shape index (κ3) is 8.96. The minimum absolute atomic E-state index is 0. The molecular formula is C12H27IN4O2S. The molecule has 0 amide bonds. The molecule has 0 saturated heterocycles. The van der Waals surface area contributed by atoms with Crippen molar-refractivity contribution in [2.75, 3.05) is 18.8 Å². The number of guanidine groups is 1. The molecule has 0 aromatic carbocycles. The number of hydrogen-bond donors (Lipinski definition) is 3. The molecule has 0 unspecified atom stereocenters. The molecule has 4 N–H and O–H groups in total. The molecular weight excluding hydrogens is 391 g/mol. The van der Waals surface area contributed by atoms with E-state index < -0.39 is 10.0 Å². The van der Waals surface area contributed by atoms with E-state index in [1.807, 2.05) is 0 Å². The van der Waals surface area contributed by atoms with Gasteiger partial charge in [0.1, 0.15) is 0 Å². The van der Waals surface area contributed by atoms with Gasteiger partial charge in [-0.15, -0.1) is 24.0 Å². The van der Waals surface area contributed by atoms with E-state index in [9.17, 15) is 8.42 Å². The number of sulfonamides is 1. The zero-order valence-corrected chi connectivity index (χ0v) is 15.2. The minimum atomic E-state index is -3.09. The summed E-state index contributed by atoms with van der Waals surface area (Å²) in [6.07, 6.45) is 6.80. The lowest BCUT2D eigenvalue weighted by Gasteiger charge is -2.23. The Morgan fingerprint density at radius 1 is 1.30 bits per heavy atom. The molecule has 1 aliphatic carbocycles. The van der Waals surface area contributed by atoms with E-state index >= 15 is 0 Å². The van der Waals surface area contributed by atoms with Crippen molar-refractivity contribution in [2.45, 2.75) is 51.5 Å². The second-order valence-corrected chi connectivity index (χ2v) is 6.99. The summed E-state index contributed by atoms with van der Waals surface area (Å²) >= 11 is 0. The molecule has 0 aliphatic heterocycles. The molecule has 20 heavy (non-hydrogen) atoms. The smallest absolute Gasteiger partial charge is 0.211 e. The summed E-state index contributed by atoms with van der Waals surface area (Å²) < 4.78 is 24.9. The van der Waals surface area contributed by atoms with Crippen LogP contribution in [0.2, 0.25) is 0 Å². The van der Waals surface area contributed by atoms with Gasteiger partial charge in [0.15, 0.2) is 5.96 Å². The maximum atomic E-state index is 11.2. The summed E-state index contributed by atoms with van der Waals surface area (Å²) in [6, 6.07) is 0.455. The van der Waals surface area contributed by atoms with Crippen LogP contribution in [0, 0.1) is 0 Å². The third-order valence-electron chi connectivity index (χ3n) is 3.28. The summed E-state index contributed by atoms with van der Waals surface area (Å²) in [5, 5.41) is 3.23. The van der Waals surface area contributed by atoms with Crippen molar-refractivity contribution < 1.29 is 8.42 Å². The molecule has 0 aromatic rings. The summed E-state index contributed by atoms with van der Waals surface area (Å²) in [5.41, 5.74) is 5.80. The van der Waals surface area contributed by atoms with Gasteiger partial charge in [0, 0.05) is 19.1 Å². The van der Waals surface area contributed by atoms with Crippen LogP contribution in [0.4, 0.5) is 0 Å². The van der Waals surface area contributed by atoms with Crippen molar-refractivity contribution in [3.8, 4) is 0 Å². The molecule has 1 fully saturated rings. The summed E-state index contributed by atoms with van der Waals surface area (Å²) in [6.45, 7) is 2.57. The van der Waals surface area contributed by atoms with E-state index in [1.165, 1.54) is 19.3 Å². The highest BCUT2D eigenvalue weighted by atomic mass is 127. The standard InChI is InChI=1S/C12H26N4O2S.HI/c1-2-19(17,18)15-10-6-9-14-12(13)16-11-7-4-3-5-8-11;/h11,15H,2-10H2,1H3,(H3,13,14,16);1H. The highest BCUT2D eigenvalue weighted by molar-refractivity contribution is 14.0. The first-order valence-electron chi connectivity index (χ1n) is 7.07. The Morgan fingerprint density at radius 2 is 1.95 bits per heavy atom. The summed E-state index contributed by atoms with van der Waals surface area (Å²) in [5.74, 6) is 0.590. The maximum Gasteiger partial charge on any atom is 0.211 e. The van der Waals surface area contributed by atoms with Crippen molar-refractivity contribution in [2.24, 2.45) is 10.7 Å². The molecule has 8 heteroatoms. The molecule has 120 valence electrons. The van der Waals surface area contributed by atoms with Crippen molar-refractivity contribution in [1.82, 2.24) is 10.0 Å². The Bertz CT molecular complexity index is 381. The van der Waals surface area contributed by atoms with E-state index in [0.717, 1.165) is 12.8 Å². The molecule has 6 nitrogen and oxygen atoms in total. The number of nitrogens with one attached hydrogen (secondary N) is 2. The number of hydrogen-bond acceptors (Lipinski definition) is 3. The molecule has 1 rings (SSSR count). The monoisotopic (exact) mass is 418 g/mol. The number of nitrogens with zero attached hydrogens (tertiary/aromatic N) is 1. The molecule has 1 aliphatic rings. The zero-order valence-electron chi connectivity index (χ0n) is 12.1. The van der Waals surface area contributed by atoms with Crippen LogP contribution in [-0.2, 0) is 10.0 Å². The van der Waals surface area contributed by atoms with Crippen LogP contribution in [0.5, 0.6) is 0 Å². The predicted molar refractivity (Wildman–Crippen MR) is 94.0 cm³/mol. The Hall–Kier alpha value is -0.0900. The van der Waals surface area contributed by atoms with Crippen molar-refractivity contribution in [1.29, 1.82) is 0 Å². The Balaban J connectivity index is 0.00000361. The van der Waals surface area contributed by atoms with Gasteiger partial charge in [0.25, 0.3) is 0 Å². The molecule has 0 atom stereocenters. The molecule has 0 radical (unpaired) electrons. The molecule has 0 aromatic heterocycles. The van der Waals surface area contributed by atoms with E-state index in [0.29, 0.717) is 31.5 Å². The Kier molecular flexibility index (Phi) is 10.6. The van der Waals surface area contributed by atoms with Gasteiger partial charge in [-0.05, 0) is 26.2 Å². The lowest BCUT2D eigenvalue weighted by Crippen LogP contribution is -2.41. The van der Waals surface area contributed by atoms with Gasteiger partial charge in [-0.3, -0.25) is 4.99 Å².